The van der Waals surface area contributed by atoms with Crippen LogP contribution in [0.5, 0.6) is 0 Å². The molecular formula is C18H25N5O. The summed E-state index contributed by atoms with van der Waals surface area (Å²) >= 11 is 0. The minimum atomic E-state index is -0.0678. The predicted molar refractivity (Wildman–Crippen MR) is 95.7 cm³/mol. The van der Waals surface area contributed by atoms with Gasteiger partial charge in [-0.2, -0.15) is 0 Å². The van der Waals surface area contributed by atoms with Gasteiger partial charge in [0.15, 0.2) is 0 Å². The summed E-state index contributed by atoms with van der Waals surface area (Å²) in [4.78, 5) is 18.1. The van der Waals surface area contributed by atoms with Crippen molar-refractivity contribution in [3.05, 3.63) is 41.0 Å². The van der Waals surface area contributed by atoms with Gasteiger partial charge in [-0.05, 0) is 39.0 Å². The number of aryl methyl sites for hydroxylation is 3. The summed E-state index contributed by atoms with van der Waals surface area (Å²) in [5, 5.41) is 0. The van der Waals surface area contributed by atoms with Crippen LogP contribution >= 0.6 is 0 Å². The number of rotatable bonds is 3. The highest BCUT2D eigenvalue weighted by molar-refractivity contribution is 5.47. The van der Waals surface area contributed by atoms with E-state index >= 15 is 0 Å². The molecule has 24 heavy (non-hydrogen) atoms. The van der Waals surface area contributed by atoms with Crippen LogP contribution in [0.1, 0.15) is 28.9 Å². The third-order valence-electron chi connectivity index (χ3n) is 4.12. The fraction of sp³-hybridized carbons (Fsp3) is 0.500. The molecule has 6 nitrogen and oxygen atoms in total. The monoisotopic (exact) mass is 327 g/mol. The number of aromatic nitrogens is 3. The van der Waals surface area contributed by atoms with Crippen LogP contribution in [0.4, 0.5) is 11.6 Å². The Labute approximate surface area is 143 Å². The third kappa shape index (κ3) is 3.64. The van der Waals surface area contributed by atoms with Crippen molar-refractivity contribution in [2.24, 2.45) is 0 Å². The molecule has 2 aromatic heterocycles. The third-order valence-corrected chi connectivity index (χ3v) is 4.12. The Bertz CT molecular complexity index is 711. The number of nitrogens with zero attached hydrogens (tertiary/aromatic N) is 5. The Morgan fingerprint density at radius 1 is 1.00 bits per heavy atom. The lowest BCUT2D eigenvalue weighted by molar-refractivity contribution is 0.0364. The van der Waals surface area contributed by atoms with Crippen LogP contribution in [0.15, 0.2) is 18.2 Å². The number of ether oxygens (including phenoxy) is 1. The van der Waals surface area contributed by atoms with E-state index in [2.05, 4.69) is 36.9 Å². The van der Waals surface area contributed by atoms with E-state index in [9.17, 15) is 0 Å². The van der Waals surface area contributed by atoms with Crippen LogP contribution in [0, 0.1) is 20.8 Å². The van der Waals surface area contributed by atoms with Crippen LogP contribution in [0.25, 0.3) is 0 Å². The van der Waals surface area contributed by atoms with E-state index in [1.165, 1.54) is 0 Å². The molecule has 0 bridgehead atoms. The highest BCUT2D eigenvalue weighted by Crippen LogP contribution is 2.26. The molecule has 2 aromatic rings. The maximum atomic E-state index is 5.99. The van der Waals surface area contributed by atoms with Crippen molar-refractivity contribution in [1.82, 2.24) is 15.0 Å². The molecule has 1 aliphatic heterocycles. The van der Waals surface area contributed by atoms with Crippen LogP contribution in [-0.4, -0.2) is 48.7 Å². The molecule has 1 fully saturated rings. The second kappa shape index (κ2) is 6.73. The Hall–Kier alpha value is -2.21. The van der Waals surface area contributed by atoms with Crippen molar-refractivity contribution < 1.29 is 4.74 Å². The molecule has 0 spiro atoms. The first-order valence-corrected chi connectivity index (χ1v) is 8.27. The highest BCUT2D eigenvalue weighted by Gasteiger charge is 2.25. The van der Waals surface area contributed by atoms with Gasteiger partial charge in [0.25, 0.3) is 0 Å². The molecule has 128 valence electrons. The minimum Gasteiger partial charge on any atom is -0.378 e. The maximum Gasteiger partial charge on any atom is 0.225 e. The Morgan fingerprint density at radius 3 is 2.33 bits per heavy atom. The molecular weight excluding hydrogens is 302 g/mol. The molecule has 1 saturated heterocycles. The van der Waals surface area contributed by atoms with E-state index < -0.39 is 0 Å². The smallest absolute Gasteiger partial charge is 0.225 e. The minimum absolute atomic E-state index is 0.0678. The van der Waals surface area contributed by atoms with Gasteiger partial charge >= 0.3 is 0 Å². The van der Waals surface area contributed by atoms with E-state index in [0.29, 0.717) is 13.2 Å². The topological polar surface area (TPSA) is 54.4 Å². The standard InChI is InChI=1S/C18H25N5O/c1-12-8-13(2)21-18(20-12)23-6-7-24-17(11-23)16-10-15(22(4)5)9-14(3)19-16/h8-10,17H,6-7,11H2,1-5H3/t17-/m0/s1. The quantitative estimate of drug-likeness (QED) is 0.863. The zero-order valence-electron chi connectivity index (χ0n) is 15.1. The zero-order chi connectivity index (χ0) is 17.3. The van der Waals surface area contributed by atoms with Crippen LogP contribution in [0.3, 0.4) is 0 Å². The van der Waals surface area contributed by atoms with Crippen LogP contribution < -0.4 is 9.80 Å². The molecule has 3 rings (SSSR count). The number of hydrogen-bond donors (Lipinski definition) is 0. The summed E-state index contributed by atoms with van der Waals surface area (Å²) in [7, 11) is 4.08. The fourth-order valence-electron chi connectivity index (χ4n) is 2.96. The van der Waals surface area contributed by atoms with Gasteiger partial charge in [-0.3, -0.25) is 4.98 Å². The fourth-order valence-corrected chi connectivity index (χ4v) is 2.96. The van der Waals surface area contributed by atoms with E-state index in [1.807, 2.05) is 40.9 Å². The zero-order valence-corrected chi connectivity index (χ0v) is 15.1. The second-order valence-electron chi connectivity index (χ2n) is 6.54. The van der Waals surface area contributed by atoms with Gasteiger partial charge in [-0.15, -0.1) is 0 Å². The van der Waals surface area contributed by atoms with Gasteiger partial charge in [-0.1, -0.05) is 0 Å². The van der Waals surface area contributed by atoms with Crippen molar-refractivity contribution in [3.63, 3.8) is 0 Å². The lowest BCUT2D eigenvalue weighted by atomic mass is 10.1. The Morgan fingerprint density at radius 2 is 1.67 bits per heavy atom. The van der Waals surface area contributed by atoms with Gasteiger partial charge in [0.05, 0.1) is 18.8 Å². The molecule has 3 heterocycles. The summed E-state index contributed by atoms with van der Waals surface area (Å²) in [5.74, 6) is 0.779. The Kier molecular flexibility index (Phi) is 4.66. The predicted octanol–water partition coefficient (Wildman–Crippen LogP) is 2.44. The van der Waals surface area contributed by atoms with Crippen molar-refractivity contribution in [3.8, 4) is 0 Å². The molecule has 0 radical (unpaired) electrons. The van der Waals surface area contributed by atoms with Crippen molar-refractivity contribution in [1.29, 1.82) is 0 Å². The molecule has 0 aromatic carbocycles. The number of hydrogen-bond acceptors (Lipinski definition) is 6. The summed E-state index contributed by atoms with van der Waals surface area (Å²) in [6, 6.07) is 6.17. The summed E-state index contributed by atoms with van der Waals surface area (Å²) < 4.78 is 5.99. The highest BCUT2D eigenvalue weighted by atomic mass is 16.5. The number of pyridine rings is 1. The molecule has 0 saturated carbocycles. The van der Waals surface area contributed by atoms with E-state index in [-0.39, 0.29) is 6.10 Å². The average molecular weight is 327 g/mol. The van der Waals surface area contributed by atoms with Crippen LogP contribution in [0.2, 0.25) is 0 Å². The Balaban J connectivity index is 1.85. The van der Waals surface area contributed by atoms with E-state index in [0.717, 1.165) is 41.0 Å². The normalized spacial score (nSPS) is 17.9. The first kappa shape index (κ1) is 16.6. The largest absolute Gasteiger partial charge is 0.378 e. The summed E-state index contributed by atoms with van der Waals surface area (Å²) in [5.41, 5.74) is 5.08. The molecule has 0 amide bonds. The molecule has 0 aliphatic carbocycles. The maximum absolute atomic E-state index is 5.99. The molecule has 6 heteroatoms. The average Bonchev–Trinajstić information content (AvgIpc) is 2.53. The lowest BCUT2D eigenvalue weighted by Gasteiger charge is -2.33. The van der Waals surface area contributed by atoms with E-state index in [1.54, 1.807) is 0 Å². The number of anilines is 2. The first-order valence-electron chi connectivity index (χ1n) is 8.27. The van der Waals surface area contributed by atoms with E-state index in [4.69, 9.17) is 4.74 Å². The number of morpholine rings is 1. The molecule has 1 aliphatic rings. The van der Waals surface area contributed by atoms with Gasteiger partial charge in [0.2, 0.25) is 5.95 Å². The van der Waals surface area contributed by atoms with Gasteiger partial charge in [0, 0.05) is 43.4 Å². The second-order valence-corrected chi connectivity index (χ2v) is 6.54. The van der Waals surface area contributed by atoms with Gasteiger partial charge in [0.1, 0.15) is 6.10 Å². The summed E-state index contributed by atoms with van der Waals surface area (Å²) in [6.45, 7) is 8.18. The summed E-state index contributed by atoms with van der Waals surface area (Å²) in [6.07, 6.45) is -0.0678. The lowest BCUT2D eigenvalue weighted by Crippen LogP contribution is -2.39. The molecule has 1 atom stereocenters. The molecule has 0 unspecified atom stereocenters. The van der Waals surface area contributed by atoms with Crippen molar-refractivity contribution >= 4 is 11.6 Å². The van der Waals surface area contributed by atoms with Gasteiger partial charge < -0.3 is 14.5 Å². The van der Waals surface area contributed by atoms with Crippen molar-refractivity contribution in [2.75, 3.05) is 43.6 Å². The first-order chi connectivity index (χ1) is 11.4. The van der Waals surface area contributed by atoms with Crippen molar-refractivity contribution in [2.45, 2.75) is 26.9 Å². The van der Waals surface area contributed by atoms with Crippen LogP contribution in [-0.2, 0) is 4.74 Å². The molecule has 0 N–H and O–H groups in total. The SMILES string of the molecule is Cc1cc(N(C)C)cc([C@@H]2CN(c3nc(C)cc(C)n3)CCO2)n1. The van der Waals surface area contributed by atoms with Gasteiger partial charge in [-0.25, -0.2) is 9.97 Å².